The maximum Gasteiger partial charge on any atom is 0.346 e. The number of aromatic carboxylic acids is 1. The molecule has 1 rings (SSSR count). The SMILES string of the molecule is CCc1cc(C)c(C(=O)O)s1. The maximum absolute atomic E-state index is 10.6. The molecule has 0 amide bonds. The Balaban J connectivity index is 3.07. The first-order chi connectivity index (χ1) is 5.15. The number of hydrogen-bond acceptors (Lipinski definition) is 2. The first-order valence-corrected chi connectivity index (χ1v) is 4.29. The van der Waals surface area contributed by atoms with Crippen molar-refractivity contribution >= 4 is 17.3 Å². The highest BCUT2D eigenvalue weighted by atomic mass is 32.1. The number of thiophene rings is 1. The molecular weight excluding hydrogens is 160 g/mol. The predicted octanol–water partition coefficient (Wildman–Crippen LogP) is 2.32. The summed E-state index contributed by atoms with van der Waals surface area (Å²) in [6.45, 7) is 3.86. The normalized spacial score (nSPS) is 10.0. The van der Waals surface area contributed by atoms with E-state index in [0.29, 0.717) is 4.88 Å². The number of aryl methyl sites for hydroxylation is 2. The zero-order valence-electron chi connectivity index (χ0n) is 6.55. The fraction of sp³-hybridized carbons (Fsp3) is 0.375. The third kappa shape index (κ3) is 1.60. The topological polar surface area (TPSA) is 37.3 Å². The largest absolute Gasteiger partial charge is 0.477 e. The second kappa shape index (κ2) is 3.05. The molecular formula is C8H10O2S. The van der Waals surface area contributed by atoms with Crippen LogP contribution in [0.15, 0.2) is 6.07 Å². The van der Waals surface area contributed by atoms with Crippen molar-refractivity contribution in [2.45, 2.75) is 20.3 Å². The average Bonchev–Trinajstić information content (AvgIpc) is 2.30. The lowest BCUT2D eigenvalue weighted by Crippen LogP contribution is -1.93. The van der Waals surface area contributed by atoms with Gasteiger partial charge < -0.3 is 5.11 Å². The van der Waals surface area contributed by atoms with Crippen LogP contribution in [-0.2, 0) is 6.42 Å². The molecule has 0 bridgehead atoms. The van der Waals surface area contributed by atoms with Gasteiger partial charge in [-0.05, 0) is 25.0 Å². The first-order valence-electron chi connectivity index (χ1n) is 3.47. The molecule has 0 saturated carbocycles. The minimum absolute atomic E-state index is 0.474. The molecule has 0 aromatic carbocycles. The molecule has 1 N–H and O–H groups in total. The van der Waals surface area contributed by atoms with Gasteiger partial charge in [0.2, 0.25) is 0 Å². The second-order valence-electron chi connectivity index (χ2n) is 2.38. The standard InChI is InChI=1S/C8H10O2S/c1-3-6-4-5(2)7(11-6)8(9)10/h4H,3H2,1-2H3,(H,9,10). The molecule has 1 aromatic heterocycles. The van der Waals surface area contributed by atoms with Gasteiger partial charge >= 0.3 is 5.97 Å². The van der Waals surface area contributed by atoms with Crippen molar-refractivity contribution in [3.8, 4) is 0 Å². The molecule has 60 valence electrons. The monoisotopic (exact) mass is 170 g/mol. The number of hydrogen-bond donors (Lipinski definition) is 1. The quantitative estimate of drug-likeness (QED) is 0.739. The van der Waals surface area contributed by atoms with Crippen molar-refractivity contribution in [2.24, 2.45) is 0 Å². The van der Waals surface area contributed by atoms with Gasteiger partial charge in [0, 0.05) is 4.88 Å². The van der Waals surface area contributed by atoms with Crippen LogP contribution in [0.2, 0.25) is 0 Å². The molecule has 0 atom stereocenters. The van der Waals surface area contributed by atoms with Gasteiger partial charge in [0.05, 0.1) is 0 Å². The number of carboxylic acid groups (broad SMARTS) is 1. The van der Waals surface area contributed by atoms with Crippen LogP contribution in [0, 0.1) is 6.92 Å². The fourth-order valence-electron chi connectivity index (χ4n) is 0.935. The Labute approximate surface area is 69.5 Å². The molecule has 1 aromatic rings. The molecule has 0 radical (unpaired) electrons. The van der Waals surface area contributed by atoms with E-state index in [1.165, 1.54) is 11.3 Å². The van der Waals surface area contributed by atoms with Gasteiger partial charge in [0.1, 0.15) is 4.88 Å². The molecule has 2 nitrogen and oxygen atoms in total. The summed E-state index contributed by atoms with van der Waals surface area (Å²) in [5.74, 6) is -0.813. The van der Waals surface area contributed by atoms with Gasteiger partial charge in [-0.25, -0.2) is 4.79 Å². The molecule has 11 heavy (non-hydrogen) atoms. The van der Waals surface area contributed by atoms with Crippen molar-refractivity contribution in [1.29, 1.82) is 0 Å². The Hall–Kier alpha value is -0.830. The van der Waals surface area contributed by atoms with Crippen molar-refractivity contribution in [2.75, 3.05) is 0 Å². The van der Waals surface area contributed by atoms with E-state index >= 15 is 0 Å². The Kier molecular flexibility index (Phi) is 2.29. The van der Waals surface area contributed by atoms with E-state index < -0.39 is 5.97 Å². The third-order valence-corrected chi connectivity index (χ3v) is 2.88. The van der Waals surface area contributed by atoms with Gasteiger partial charge in [-0.3, -0.25) is 0 Å². The number of carboxylic acids is 1. The van der Waals surface area contributed by atoms with Crippen LogP contribution in [0.5, 0.6) is 0 Å². The molecule has 0 aliphatic rings. The summed E-state index contributed by atoms with van der Waals surface area (Å²) in [5.41, 5.74) is 0.874. The minimum Gasteiger partial charge on any atom is -0.477 e. The molecule has 0 aliphatic heterocycles. The van der Waals surface area contributed by atoms with Crippen LogP contribution in [0.25, 0.3) is 0 Å². The molecule has 0 saturated heterocycles. The molecule has 0 aliphatic carbocycles. The summed E-state index contributed by atoms with van der Waals surface area (Å²) in [6, 6.07) is 1.94. The predicted molar refractivity (Wildman–Crippen MR) is 45.4 cm³/mol. The van der Waals surface area contributed by atoms with Crippen LogP contribution in [-0.4, -0.2) is 11.1 Å². The van der Waals surface area contributed by atoms with Gasteiger partial charge in [0.25, 0.3) is 0 Å². The van der Waals surface area contributed by atoms with Gasteiger partial charge in [0.15, 0.2) is 0 Å². The van der Waals surface area contributed by atoms with Crippen LogP contribution in [0.1, 0.15) is 27.0 Å². The second-order valence-corrected chi connectivity index (χ2v) is 3.52. The van der Waals surface area contributed by atoms with Crippen molar-refractivity contribution < 1.29 is 9.90 Å². The Morgan fingerprint density at radius 2 is 2.36 bits per heavy atom. The molecule has 3 heteroatoms. The highest BCUT2D eigenvalue weighted by Crippen LogP contribution is 2.21. The number of rotatable bonds is 2. The average molecular weight is 170 g/mol. The Morgan fingerprint density at radius 1 is 1.73 bits per heavy atom. The van der Waals surface area contributed by atoms with E-state index in [-0.39, 0.29) is 0 Å². The molecule has 0 spiro atoms. The lowest BCUT2D eigenvalue weighted by atomic mass is 10.2. The van der Waals surface area contributed by atoms with Crippen LogP contribution >= 0.6 is 11.3 Å². The van der Waals surface area contributed by atoms with Crippen LogP contribution in [0.3, 0.4) is 0 Å². The van der Waals surface area contributed by atoms with E-state index in [1.54, 1.807) is 0 Å². The highest BCUT2D eigenvalue weighted by Gasteiger charge is 2.10. The van der Waals surface area contributed by atoms with Crippen LogP contribution < -0.4 is 0 Å². The van der Waals surface area contributed by atoms with E-state index in [4.69, 9.17) is 5.11 Å². The van der Waals surface area contributed by atoms with E-state index in [9.17, 15) is 4.79 Å². The lowest BCUT2D eigenvalue weighted by Gasteiger charge is -1.86. The zero-order chi connectivity index (χ0) is 8.43. The Morgan fingerprint density at radius 3 is 2.64 bits per heavy atom. The van der Waals surface area contributed by atoms with Crippen LogP contribution in [0.4, 0.5) is 0 Å². The summed E-state index contributed by atoms with van der Waals surface area (Å²) in [6.07, 6.45) is 0.915. The minimum atomic E-state index is -0.813. The summed E-state index contributed by atoms with van der Waals surface area (Å²) in [7, 11) is 0. The smallest absolute Gasteiger partial charge is 0.346 e. The summed E-state index contributed by atoms with van der Waals surface area (Å²) in [4.78, 5) is 12.2. The van der Waals surface area contributed by atoms with E-state index in [2.05, 4.69) is 0 Å². The molecule has 0 unspecified atom stereocenters. The van der Waals surface area contributed by atoms with Gasteiger partial charge in [-0.1, -0.05) is 6.92 Å². The summed E-state index contributed by atoms with van der Waals surface area (Å²) in [5, 5.41) is 8.68. The number of carbonyl (C=O) groups is 1. The lowest BCUT2D eigenvalue weighted by molar-refractivity contribution is 0.0701. The van der Waals surface area contributed by atoms with Crippen molar-refractivity contribution in [3.63, 3.8) is 0 Å². The Bertz CT molecular complexity index is 276. The molecule has 1 heterocycles. The van der Waals surface area contributed by atoms with E-state index in [1.807, 2.05) is 19.9 Å². The fourth-order valence-corrected chi connectivity index (χ4v) is 1.88. The van der Waals surface area contributed by atoms with Crippen molar-refractivity contribution in [1.82, 2.24) is 0 Å². The van der Waals surface area contributed by atoms with Gasteiger partial charge in [-0.15, -0.1) is 11.3 Å². The highest BCUT2D eigenvalue weighted by molar-refractivity contribution is 7.14. The van der Waals surface area contributed by atoms with E-state index in [0.717, 1.165) is 16.9 Å². The third-order valence-electron chi connectivity index (χ3n) is 1.51. The molecule has 0 fully saturated rings. The summed E-state index contributed by atoms with van der Waals surface area (Å²) < 4.78 is 0. The summed E-state index contributed by atoms with van der Waals surface area (Å²) >= 11 is 1.37. The zero-order valence-corrected chi connectivity index (χ0v) is 7.36. The van der Waals surface area contributed by atoms with Crippen molar-refractivity contribution in [3.05, 3.63) is 21.4 Å². The maximum atomic E-state index is 10.6. The van der Waals surface area contributed by atoms with Gasteiger partial charge in [-0.2, -0.15) is 0 Å². The first kappa shape index (κ1) is 8.27.